The van der Waals surface area contributed by atoms with Crippen LogP contribution >= 0.6 is 11.5 Å². The molecule has 1 atom stereocenters. The fourth-order valence-electron chi connectivity index (χ4n) is 1.33. The molecule has 0 saturated carbocycles. The smallest absolute Gasteiger partial charge is 0.243 e. The summed E-state index contributed by atoms with van der Waals surface area (Å²) in [5, 5.41) is 6.39. The number of carbonyl (C=O) groups excluding carboxylic acids is 1. The zero-order chi connectivity index (χ0) is 9.10. The van der Waals surface area contributed by atoms with Crippen molar-refractivity contribution in [3.05, 3.63) is 6.33 Å². The van der Waals surface area contributed by atoms with Crippen LogP contribution in [0.15, 0.2) is 6.33 Å². The number of hydrogen-bond donors (Lipinski definition) is 2. The van der Waals surface area contributed by atoms with Gasteiger partial charge in [-0.15, -0.1) is 0 Å². The molecule has 0 aliphatic carbocycles. The summed E-state index contributed by atoms with van der Waals surface area (Å²) in [5.74, 6) is -0.00532. The summed E-state index contributed by atoms with van der Waals surface area (Å²) < 4.78 is 3.80. The second kappa shape index (κ2) is 3.80. The molecular formula is C7H10N4OS. The van der Waals surface area contributed by atoms with Crippen LogP contribution in [-0.2, 0) is 4.79 Å². The number of amides is 1. The maximum absolute atomic E-state index is 11.5. The van der Waals surface area contributed by atoms with Gasteiger partial charge in [-0.25, -0.2) is 4.98 Å². The molecule has 0 spiro atoms. The van der Waals surface area contributed by atoms with Crippen molar-refractivity contribution in [1.29, 1.82) is 0 Å². The molecule has 2 rings (SSSR count). The molecule has 1 fully saturated rings. The van der Waals surface area contributed by atoms with Crippen molar-refractivity contribution in [2.75, 3.05) is 11.9 Å². The van der Waals surface area contributed by atoms with Gasteiger partial charge in [0.2, 0.25) is 11.0 Å². The van der Waals surface area contributed by atoms with Crippen molar-refractivity contribution in [1.82, 2.24) is 14.7 Å². The van der Waals surface area contributed by atoms with E-state index < -0.39 is 0 Å². The Kier molecular flexibility index (Phi) is 2.51. The topological polar surface area (TPSA) is 66.9 Å². The number of nitrogens with zero attached hydrogens (tertiary/aromatic N) is 2. The largest absolute Gasteiger partial charge is 0.306 e. The summed E-state index contributed by atoms with van der Waals surface area (Å²) >= 11 is 1.19. The van der Waals surface area contributed by atoms with E-state index in [0.29, 0.717) is 5.13 Å². The fraction of sp³-hybridized carbons (Fsp3) is 0.571. The fourth-order valence-corrected chi connectivity index (χ4v) is 1.76. The molecule has 1 saturated heterocycles. The highest BCUT2D eigenvalue weighted by molar-refractivity contribution is 7.09. The third kappa shape index (κ3) is 2.02. The Bertz CT molecular complexity index is 281. The summed E-state index contributed by atoms with van der Waals surface area (Å²) in [7, 11) is 0. The zero-order valence-electron chi connectivity index (χ0n) is 6.99. The average Bonchev–Trinajstić information content (AvgIpc) is 2.74. The first-order chi connectivity index (χ1) is 6.36. The first kappa shape index (κ1) is 8.58. The molecule has 5 nitrogen and oxygen atoms in total. The molecule has 1 aromatic heterocycles. The number of anilines is 1. The molecule has 0 bridgehead atoms. The number of hydrogen-bond acceptors (Lipinski definition) is 5. The second-order valence-electron chi connectivity index (χ2n) is 2.88. The van der Waals surface area contributed by atoms with Crippen LogP contribution in [0.1, 0.15) is 12.8 Å². The van der Waals surface area contributed by atoms with Gasteiger partial charge in [-0.05, 0) is 19.4 Å². The first-order valence-corrected chi connectivity index (χ1v) is 4.94. The summed E-state index contributed by atoms with van der Waals surface area (Å²) in [6.07, 6.45) is 3.40. The highest BCUT2D eigenvalue weighted by Crippen LogP contribution is 2.10. The predicted molar refractivity (Wildman–Crippen MR) is 49.6 cm³/mol. The molecule has 1 aliphatic heterocycles. The molecule has 1 aliphatic rings. The molecule has 13 heavy (non-hydrogen) atoms. The first-order valence-electron chi connectivity index (χ1n) is 4.17. The van der Waals surface area contributed by atoms with Crippen molar-refractivity contribution < 1.29 is 4.79 Å². The quantitative estimate of drug-likeness (QED) is 0.713. The van der Waals surface area contributed by atoms with Gasteiger partial charge in [0.05, 0.1) is 6.04 Å². The van der Waals surface area contributed by atoms with Gasteiger partial charge < -0.3 is 5.32 Å². The Balaban J connectivity index is 1.91. The lowest BCUT2D eigenvalue weighted by molar-refractivity contribution is -0.117. The van der Waals surface area contributed by atoms with Crippen LogP contribution in [0.25, 0.3) is 0 Å². The molecule has 2 heterocycles. The van der Waals surface area contributed by atoms with Crippen molar-refractivity contribution in [3.8, 4) is 0 Å². The number of rotatable bonds is 2. The van der Waals surface area contributed by atoms with E-state index in [4.69, 9.17) is 0 Å². The minimum Gasteiger partial charge on any atom is -0.306 e. The number of nitrogens with one attached hydrogen (secondary N) is 2. The van der Waals surface area contributed by atoms with Gasteiger partial charge in [0.15, 0.2) is 0 Å². The maximum Gasteiger partial charge on any atom is 0.243 e. The molecular weight excluding hydrogens is 188 g/mol. The van der Waals surface area contributed by atoms with Crippen molar-refractivity contribution in [3.63, 3.8) is 0 Å². The van der Waals surface area contributed by atoms with Gasteiger partial charge in [-0.1, -0.05) is 0 Å². The van der Waals surface area contributed by atoms with Crippen molar-refractivity contribution in [2.45, 2.75) is 18.9 Å². The number of carbonyl (C=O) groups is 1. The van der Waals surface area contributed by atoms with Crippen LogP contribution in [0.2, 0.25) is 0 Å². The van der Waals surface area contributed by atoms with E-state index in [1.165, 1.54) is 17.9 Å². The predicted octanol–water partition coefficient (Wildman–Crippen LogP) is 0.229. The van der Waals surface area contributed by atoms with Crippen molar-refractivity contribution in [2.24, 2.45) is 0 Å². The van der Waals surface area contributed by atoms with E-state index in [-0.39, 0.29) is 11.9 Å². The molecule has 6 heteroatoms. The van der Waals surface area contributed by atoms with Gasteiger partial charge in [0.25, 0.3) is 0 Å². The normalized spacial score (nSPS) is 21.7. The van der Waals surface area contributed by atoms with E-state index in [0.717, 1.165) is 19.4 Å². The monoisotopic (exact) mass is 198 g/mol. The maximum atomic E-state index is 11.5. The lowest BCUT2D eigenvalue weighted by atomic mass is 10.2. The minimum absolute atomic E-state index is 0.00532. The third-order valence-corrected chi connectivity index (χ3v) is 2.55. The zero-order valence-corrected chi connectivity index (χ0v) is 7.80. The Morgan fingerprint density at radius 1 is 1.77 bits per heavy atom. The molecule has 1 unspecified atom stereocenters. The van der Waals surface area contributed by atoms with Crippen molar-refractivity contribution >= 4 is 22.6 Å². The van der Waals surface area contributed by atoms with Crippen LogP contribution in [0.3, 0.4) is 0 Å². The van der Waals surface area contributed by atoms with Crippen LogP contribution in [0.4, 0.5) is 5.13 Å². The molecule has 1 amide bonds. The van der Waals surface area contributed by atoms with Gasteiger partial charge in [-0.2, -0.15) is 4.37 Å². The molecule has 0 radical (unpaired) electrons. The summed E-state index contributed by atoms with van der Waals surface area (Å²) in [4.78, 5) is 15.4. The third-order valence-electron chi connectivity index (χ3n) is 1.97. The lowest BCUT2D eigenvalue weighted by Gasteiger charge is -2.07. The van der Waals surface area contributed by atoms with Crippen LogP contribution < -0.4 is 10.6 Å². The van der Waals surface area contributed by atoms with Gasteiger partial charge in [0, 0.05) is 11.5 Å². The van der Waals surface area contributed by atoms with E-state index in [2.05, 4.69) is 20.0 Å². The Labute approximate surface area is 79.7 Å². The Morgan fingerprint density at radius 3 is 3.31 bits per heavy atom. The minimum atomic E-state index is -0.0519. The highest BCUT2D eigenvalue weighted by atomic mass is 32.1. The highest BCUT2D eigenvalue weighted by Gasteiger charge is 2.22. The van der Waals surface area contributed by atoms with E-state index in [1.54, 1.807) is 0 Å². The Morgan fingerprint density at radius 2 is 2.69 bits per heavy atom. The average molecular weight is 198 g/mol. The standard InChI is InChI=1S/C7H10N4OS/c12-6(5-2-1-3-8-5)11-7-9-4-10-13-7/h4-5,8H,1-3H2,(H,9,10,11,12). The summed E-state index contributed by atoms with van der Waals surface area (Å²) in [6.45, 7) is 0.925. The Hall–Kier alpha value is -1.01. The lowest BCUT2D eigenvalue weighted by Crippen LogP contribution is -2.35. The molecule has 0 aromatic carbocycles. The van der Waals surface area contributed by atoms with E-state index >= 15 is 0 Å². The van der Waals surface area contributed by atoms with Crippen LogP contribution in [0.5, 0.6) is 0 Å². The number of aromatic nitrogens is 2. The second-order valence-corrected chi connectivity index (χ2v) is 3.66. The summed E-state index contributed by atoms with van der Waals surface area (Å²) in [5.41, 5.74) is 0. The van der Waals surface area contributed by atoms with Crippen LogP contribution in [0, 0.1) is 0 Å². The van der Waals surface area contributed by atoms with Crippen LogP contribution in [-0.4, -0.2) is 27.9 Å². The van der Waals surface area contributed by atoms with E-state index in [9.17, 15) is 4.79 Å². The van der Waals surface area contributed by atoms with Gasteiger partial charge in [-0.3, -0.25) is 10.1 Å². The molecule has 1 aromatic rings. The molecule has 70 valence electrons. The van der Waals surface area contributed by atoms with Gasteiger partial charge >= 0.3 is 0 Å². The SMILES string of the molecule is O=C(Nc1ncns1)C1CCCN1. The van der Waals surface area contributed by atoms with E-state index in [1.807, 2.05) is 0 Å². The van der Waals surface area contributed by atoms with Gasteiger partial charge in [0.1, 0.15) is 6.33 Å². The molecule has 2 N–H and O–H groups in total. The summed E-state index contributed by atoms with van der Waals surface area (Å²) in [6, 6.07) is -0.0519.